The Hall–Kier alpha value is -3.48. The molecule has 1 aromatic heterocycles. The minimum absolute atomic E-state index is 0.180. The Kier molecular flexibility index (Phi) is 4.30. The molecule has 0 radical (unpaired) electrons. The number of para-hydroxylation sites is 1. The number of benzene rings is 2. The standard InChI is InChI=1S/C18H14FN3O3/c1-11-14(10-21-22(11)16-8-3-2-7-15(16)19)18(24)25-13-6-4-5-12(9-13)17(20)23/h2-10H,1H3,(H2,20,23). The summed E-state index contributed by atoms with van der Waals surface area (Å²) in [5.41, 5.74) is 6.28. The zero-order chi connectivity index (χ0) is 18.0. The Bertz CT molecular complexity index is 966. The maximum atomic E-state index is 13.9. The van der Waals surface area contributed by atoms with Gasteiger partial charge in [-0.25, -0.2) is 13.9 Å². The van der Waals surface area contributed by atoms with E-state index in [4.69, 9.17) is 10.5 Å². The molecule has 0 aliphatic rings. The average molecular weight is 339 g/mol. The highest BCUT2D eigenvalue weighted by Crippen LogP contribution is 2.20. The Morgan fingerprint density at radius 3 is 2.64 bits per heavy atom. The lowest BCUT2D eigenvalue weighted by molar-refractivity contribution is 0.0733. The highest BCUT2D eigenvalue weighted by Gasteiger charge is 2.19. The zero-order valence-corrected chi connectivity index (χ0v) is 13.3. The predicted molar refractivity (Wildman–Crippen MR) is 88.2 cm³/mol. The van der Waals surface area contributed by atoms with Crippen molar-refractivity contribution in [3.05, 3.63) is 77.4 Å². The van der Waals surface area contributed by atoms with E-state index in [1.54, 1.807) is 31.2 Å². The second kappa shape index (κ2) is 6.56. The van der Waals surface area contributed by atoms with Crippen LogP contribution in [0.15, 0.2) is 54.7 Å². The number of hydrogen-bond donors (Lipinski definition) is 1. The molecule has 126 valence electrons. The van der Waals surface area contributed by atoms with Crippen LogP contribution in [0, 0.1) is 12.7 Å². The molecular weight excluding hydrogens is 325 g/mol. The lowest BCUT2D eigenvalue weighted by atomic mass is 10.2. The van der Waals surface area contributed by atoms with Gasteiger partial charge in [-0.2, -0.15) is 5.10 Å². The molecule has 0 saturated carbocycles. The maximum absolute atomic E-state index is 13.9. The first-order valence-electron chi connectivity index (χ1n) is 7.39. The van der Waals surface area contributed by atoms with E-state index in [1.807, 2.05) is 0 Å². The molecule has 0 saturated heterocycles. The molecule has 2 aromatic carbocycles. The van der Waals surface area contributed by atoms with E-state index in [0.717, 1.165) is 0 Å². The van der Waals surface area contributed by atoms with Gasteiger partial charge in [0.15, 0.2) is 0 Å². The molecule has 0 unspecified atom stereocenters. The third-order valence-electron chi connectivity index (χ3n) is 3.64. The summed E-state index contributed by atoms with van der Waals surface area (Å²) >= 11 is 0. The molecular formula is C18H14FN3O3. The van der Waals surface area contributed by atoms with Crippen LogP contribution < -0.4 is 10.5 Å². The van der Waals surface area contributed by atoms with E-state index in [2.05, 4.69) is 5.10 Å². The molecule has 1 amide bonds. The van der Waals surface area contributed by atoms with Crippen LogP contribution in [0.1, 0.15) is 26.4 Å². The van der Waals surface area contributed by atoms with Crippen LogP contribution in [0.2, 0.25) is 0 Å². The van der Waals surface area contributed by atoms with Crippen molar-refractivity contribution >= 4 is 11.9 Å². The lowest BCUT2D eigenvalue weighted by Crippen LogP contribution is -2.13. The zero-order valence-electron chi connectivity index (χ0n) is 13.3. The number of rotatable bonds is 4. The fourth-order valence-corrected chi connectivity index (χ4v) is 2.35. The maximum Gasteiger partial charge on any atom is 0.347 e. The van der Waals surface area contributed by atoms with Gasteiger partial charge in [0.1, 0.15) is 22.8 Å². The van der Waals surface area contributed by atoms with Crippen LogP contribution in [0.3, 0.4) is 0 Å². The van der Waals surface area contributed by atoms with Crippen LogP contribution in [0.4, 0.5) is 4.39 Å². The fraction of sp³-hybridized carbons (Fsp3) is 0.0556. The lowest BCUT2D eigenvalue weighted by Gasteiger charge is -2.07. The smallest absolute Gasteiger partial charge is 0.347 e. The molecule has 6 nitrogen and oxygen atoms in total. The monoisotopic (exact) mass is 339 g/mol. The van der Waals surface area contributed by atoms with E-state index in [-0.39, 0.29) is 22.6 Å². The number of nitrogens with two attached hydrogens (primary N) is 1. The van der Waals surface area contributed by atoms with E-state index in [0.29, 0.717) is 5.69 Å². The molecule has 1 heterocycles. The Labute approximate surface area is 142 Å². The van der Waals surface area contributed by atoms with Gasteiger partial charge < -0.3 is 10.5 Å². The number of ether oxygens (including phenoxy) is 1. The van der Waals surface area contributed by atoms with Crippen molar-refractivity contribution in [2.24, 2.45) is 5.73 Å². The molecule has 25 heavy (non-hydrogen) atoms. The van der Waals surface area contributed by atoms with Gasteiger partial charge in [0.2, 0.25) is 5.91 Å². The van der Waals surface area contributed by atoms with Gasteiger partial charge in [-0.15, -0.1) is 0 Å². The van der Waals surface area contributed by atoms with Gasteiger partial charge in [-0.1, -0.05) is 18.2 Å². The minimum Gasteiger partial charge on any atom is -0.423 e. The van der Waals surface area contributed by atoms with Crippen LogP contribution in [0.25, 0.3) is 5.69 Å². The molecule has 3 rings (SSSR count). The normalized spacial score (nSPS) is 10.5. The van der Waals surface area contributed by atoms with Gasteiger partial charge in [-0.3, -0.25) is 4.79 Å². The topological polar surface area (TPSA) is 87.2 Å². The third-order valence-corrected chi connectivity index (χ3v) is 3.64. The second-order valence-corrected chi connectivity index (χ2v) is 5.29. The first-order valence-corrected chi connectivity index (χ1v) is 7.39. The summed E-state index contributed by atoms with van der Waals surface area (Å²) < 4.78 is 20.5. The molecule has 0 aliphatic carbocycles. The number of esters is 1. The van der Waals surface area contributed by atoms with E-state index in [1.165, 1.54) is 35.1 Å². The number of hydrogen-bond acceptors (Lipinski definition) is 4. The summed E-state index contributed by atoms with van der Waals surface area (Å²) in [5, 5.41) is 4.06. The minimum atomic E-state index is -0.665. The fourth-order valence-electron chi connectivity index (χ4n) is 2.35. The summed E-state index contributed by atoms with van der Waals surface area (Å²) in [6.45, 7) is 1.63. The van der Waals surface area contributed by atoms with E-state index < -0.39 is 17.7 Å². The van der Waals surface area contributed by atoms with Crippen molar-refractivity contribution in [2.45, 2.75) is 6.92 Å². The Morgan fingerprint density at radius 1 is 1.16 bits per heavy atom. The number of aromatic nitrogens is 2. The van der Waals surface area contributed by atoms with Crippen molar-refractivity contribution in [3.63, 3.8) is 0 Å². The largest absolute Gasteiger partial charge is 0.423 e. The molecule has 7 heteroatoms. The number of nitrogens with zero attached hydrogens (tertiary/aromatic N) is 2. The summed E-state index contributed by atoms with van der Waals surface area (Å²) in [5.74, 6) is -1.56. The van der Waals surface area contributed by atoms with Gasteiger partial charge >= 0.3 is 5.97 Å². The molecule has 0 spiro atoms. The second-order valence-electron chi connectivity index (χ2n) is 5.29. The highest BCUT2D eigenvalue weighted by atomic mass is 19.1. The Morgan fingerprint density at radius 2 is 1.92 bits per heavy atom. The quantitative estimate of drug-likeness (QED) is 0.585. The summed E-state index contributed by atoms with van der Waals surface area (Å²) in [6.07, 6.45) is 1.31. The van der Waals surface area contributed by atoms with Gasteiger partial charge in [-0.05, 0) is 37.3 Å². The first kappa shape index (κ1) is 16.4. The van der Waals surface area contributed by atoms with Crippen molar-refractivity contribution in [3.8, 4) is 11.4 Å². The number of halogens is 1. The SMILES string of the molecule is Cc1c(C(=O)Oc2cccc(C(N)=O)c2)cnn1-c1ccccc1F. The van der Waals surface area contributed by atoms with Gasteiger partial charge in [0.05, 0.1) is 11.9 Å². The first-order chi connectivity index (χ1) is 12.0. The summed E-state index contributed by atoms with van der Waals surface area (Å²) in [6, 6.07) is 12.1. The van der Waals surface area contributed by atoms with Crippen LogP contribution in [0.5, 0.6) is 5.75 Å². The van der Waals surface area contributed by atoms with Crippen molar-refractivity contribution in [1.29, 1.82) is 0 Å². The Balaban J connectivity index is 1.88. The molecule has 0 fully saturated rings. The molecule has 0 atom stereocenters. The third kappa shape index (κ3) is 3.25. The van der Waals surface area contributed by atoms with Gasteiger partial charge in [0, 0.05) is 5.56 Å². The van der Waals surface area contributed by atoms with Crippen molar-refractivity contribution in [2.75, 3.05) is 0 Å². The van der Waals surface area contributed by atoms with Crippen molar-refractivity contribution in [1.82, 2.24) is 9.78 Å². The summed E-state index contributed by atoms with van der Waals surface area (Å²) in [4.78, 5) is 23.5. The van der Waals surface area contributed by atoms with Gasteiger partial charge in [0.25, 0.3) is 0 Å². The number of amides is 1. The highest BCUT2D eigenvalue weighted by molar-refractivity contribution is 5.94. The number of primary amides is 1. The molecule has 2 N–H and O–H groups in total. The average Bonchev–Trinajstić information content (AvgIpc) is 2.97. The summed E-state index contributed by atoms with van der Waals surface area (Å²) in [7, 11) is 0. The van der Waals surface area contributed by atoms with Crippen LogP contribution in [-0.4, -0.2) is 21.7 Å². The van der Waals surface area contributed by atoms with Crippen LogP contribution >= 0.6 is 0 Å². The predicted octanol–water partition coefficient (Wildman–Crippen LogP) is 2.64. The number of carbonyl (C=O) groups excluding carboxylic acids is 2. The van der Waals surface area contributed by atoms with Crippen LogP contribution in [-0.2, 0) is 0 Å². The van der Waals surface area contributed by atoms with E-state index >= 15 is 0 Å². The molecule has 3 aromatic rings. The van der Waals surface area contributed by atoms with Crippen molar-refractivity contribution < 1.29 is 18.7 Å². The molecule has 0 bridgehead atoms. The molecule has 0 aliphatic heterocycles. The number of carbonyl (C=O) groups is 2. The van der Waals surface area contributed by atoms with E-state index in [9.17, 15) is 14.0 Å².